The Hall–Kier alpha value is 1.23. The molecule has 0 bridgehead atoms. The molecular weight excluding hydrogens is 415 g/mol. The molecule has 0 amide bonds. The summed E-state index contributed by atoms with van der Waals surface area (Å²) >= 11 is 3.27. The Bertz CT molecular complexity index is 152. The smallest absolute Gasteiger partial charge is 0.844 e. The Morgan fingerprint density at radius 3 is 0.765 bits per heavy atom. The quantitative estimate of drug-likeness (QED) is 0.315. The SMILES string of the molecule is C=C[CH2-].C=C[CH2-].C=C[CH2-].[O-]P([O-])([O-])=S.[Zn+2].[Zn+2].[Zn+2]. The molecule has 0 rings (SSSR count). The van der Waals surface area contributed by atoms with Gasteiger partial charge in [-0.3, -0.25) is 0 Å². The van der Waals surface area contributed by atoms with Gasteiger partial charge >= 0.3 is 58.4 Å². The van der Waals surface area contributed by atoms with Crippen LogP contribution in [0.2, 0.25) is 0 Å². The van der Waals surface area contributed by atoms with Crippen LogP contribution in [0.25, 0.3) is 0 Å². The molecule has 0 spiro atoms. The van der Waals surface area contributed by atoms with Crippen LogP contribution in [0, 0.1) is 20.8 Å². The fourth-order valence-electron chi connectivity index (χ4n) is 0. The fourth-order valence-corrected chi connectivity index (χ4v) is 0. The van der Waals surface area contributed by atoms with E-state index in [2.05, 4.69) is 52.3 Å². The van der Waals surface area contributed by atoms with Gasteiger partial charge in [0, 0.05) is 0 Å². The van der Waals surface area contributed by atoms with Gasteiger partial charge in [0.05, 0.1) is 0 Å². The molecule has 3 nitrogen and oxygen atoms in total. The third-order valence-corrected chi connectivity index (χ3v) is 0. The Kier molecular flexibility index (Phi) is 109. The Morgan fingerprint density at radius 2 is 0.765 bits per heavy atom. The summed E-state index contributed by atoms with van der Waals surface area (Å²) in [5.41, 5.74) is 0. The zero-order valence-electron chi connectivity index (χ0n) is 10.2. The second-order valence-corrected chi connectivity index (χ2v) is 3.55. The van der Waals surface area contributed by atoms with Gasteiger partial charge in [0.15, 0.2) is 0 Å². The first-order chi connectivity index (χ1) is 6.24. The first-order valence-electron chi connectivity index (χ1n) is 3.18. The van der Waals surface area contributed by atoms with Crippen LogP contribution in [0.1, 0.15) is 0 Å². The summed E-state index contributed by atoms with van der Waals surface area (Å²) in [6.07, 6.45) is 4.50. The van der Waals surface area contributed by atoms with Crippen LogP contribution in [0.5, 0.6) is 0 Å². The summed E-state index contributed by atoms with van der Waals surface area (Å²) in [7, 11) is 0. The average Bonchev–Trinajstić information content (AvgIpc) is 1.86. The Balaban J connectivity index is -0.0000000152. The molecule has 0 unspecified atom stereocenters. The normalized spacial score (nSPS) is 5.59. The maximum absolute atomic E-state index is 8.92. The van der Waals surface area contributed by atoms with Crippen LogP contribution in [-0.2, 0) is 70.2 Å². The van der Waals surface area contributed by atoms with E-state index < -0.39 is 6.72 Å². The molecule has 0 saturated carbocycles. The van der Waals surface area contributed by atoms with Crippen molar-refractivity contribution in [3.63, 3.8) is 0 Å². The molecule has 0 aromatic heterocycles. The van der Waals surface area contributed by atoms with E-state index in [0.29, 0.717) is 0 Å². The van der Waals surface area contributed by atoms with Crippen LogP contribution in [0.4, 0.5) is 0 Å². The number of rotatable bonds is 0. The topological polar surface area (TPSA) is 69.2 Å². The van der Waals surface area contributed by atoms with Gasteiger partial charge in [-0.15, -0.1) is 0 Å². The molecule has 0 aromatic rings. The maximum atomic E-state index is 8.92. The molecule has 0 saturated heterocycles. The summed E-state index contributed by atoms with van der Waals surface area (Å²) in [5.74, 6) is 0. The fraction of sp³-hybridized carbons (Fsp3) is 0. The summed E-state index contributed by atoms with van der Waals surface area (Å²) < 4.78 is 0. The molecule has 0 aromatic carbocycles. The average molecular weight is 430 g/mol. The largest absolute Gasteiger partial charge is 2.00 e. The molecule has 17 heavy (non-hydrogen) atoms. The Labute approximate surface area is 149 Å². The van der Waals surface area contributed by atoms with Gasteiger partial charge in [-0.05, 0) is 0 Å². The van der Waals surface area contributed by atoms with Crippen molar-refractivity contribution in [3.8, 4) is 0 Å². The summed E-state index contributed by atoms with van der Waals surface area (Å²) in [5, 5.41) is 0. The minimum absolute atomic E-state index is 0. The standard InChI is InChI=1S/3C3H5.H3O3PS.3Zn/c3*1-3-2;1-4(2,3)5;;;/h3*3H,1-2H2;(H3,1,2,3,5);;;/q3*-1;;3*+2/p-3. The van der Waals surface area contributed by atoms with Gasteiger partial charge < -0.3 is 21.4 Å². The summed E-state index contributed by atoms with van der Waals surface area (Å²) in [6, 6.07) is 0. The van der Waals surface area contributed by atoms with Gasteiger partial charge in [-0.2, -0.15) is 11.8 Å². The molecule has 0 aliphatic rings. The summed E-state index contributed by atoms with van der Waals surface area (Å²) in [4.78, 5) is 26.8. The van der Waals surface area contributed by atoms with Crippen molar-refractivity contribution in [2.45, 2.75) is 0 Å². The number of hydrogen-bond acceptors (Lipinski definition) is 4. The van der Waals surface area contributed by atoms with Gasteiger partial charge in [0.2, 0.25) is 0 Å². The number of hydrogen-bond donors (Lipinski definition) is 0. The van der Waals surface area contributed by atoms with Gasteiger partial charge in [-0.25, -0.2) is 58.7 Å². The van der Waals surface area contributed by atoms with E-state index in [-0.39, 0.29) is 58.4 Å². The second kappa shape index (κ2) is 43.4. The van der Waals surface area contributed by atoms with Crippen LogP contribution < -0.4 is 14.7 Å². The van der Waals surface area contributed by atoms with Gasteiger partial charge in [0.25, 0.3) is 0 Å². The first kappa shape index (κ1) is 42.9. The van der Waals surface area contributed by atoms with E-state index in [1.54, 1.807) is 0 Å². The summed E-state index contributed by atoms with van der Waals surface area (Å²) in [6.45, 7) is 14.9. The maximum Gasteiger partial charge on any atom is 2.00 e. The van der Waals surface area contributed by atoms with Gasteiger partial charge in [-0.1, -0.05) is 0 Å². The molecule has 86 valence electrons. The predicted octanol–water partition coefficient (Wildman–Crippen LogP) is 0.304. The van der Waals surface area contributed by atoms with Crippen molar-refractivity contribution in [2.75, 3.05) is 0 Å². The molecule has 0 aliphatic carbocycles. The van der Waals surface area contributed by atoms with Gasteiger partial charge in [0.1, 0.15) is 0 Å². The zero-order chi connectivity index (χ0) is 12.6. The van der Waals surface area contributed by atoms with E-state index in [1.807, 2.05) is 0 Å². The molecule has 0 fully saturated rings. The molecule has 0 atom stereocenters. The molecule has 0 aliphatic heterocycles. The van der Waals surface area contributed by atoms with Crippen molar-refractivity contribution >= 4 is 18.5 Å². The minimum Gasteiger partial charge on any atom is -0.844 e. The van der Waals surface area contributed by atoms with E-state index >= 15 is 0 Å². The molecule has 0 radical (unpaired) electrons. The first-order valence-corrected chi connectivity index (χ1v) is 5.74. The Morgan fingerprint density at radius 1 is 0.765 bits per heavy atom. The van der Waals surface area contributed by atoms with Crippen molar-refractivity contribution in [3.05, 3.63) is 58.7 Å². The zero-order valence-corrected chi connectivity index (χ0v) is 20.8. The molecule has 0 N–H and O–H groups in total. The van der Waals surface area contributed by atoms with E-state index in [0.717, 1.165) is 0 Å². The van der Waals surface area contributed by atoms with Crippen LogP contribution >= 0.6 is 6.72 Å². The van der Waals surface area contributed by atoms with Crippen molar-refractivity contribution in [2.24, 2.45) is 0 Å². The molecule has 0 heterocycles. The molecular formula is C9H15O3PSZn3. The molecule has 8 heteroatoms. The third kappa shape index (κ3) is 2640. The third-order valence-electron chi connectivity index (χ3n) is 0. The van der Waals surface area contributed by atoms with Crippen LogP contribution in [-0.4, -0.2) is 0 Å². The van der Waals surface area contributed by atoms with E-state index in [4.69, 9.17) is 14.7 Å². The van der Waals surface area contributed by atoms with Crippen LogP contribution in [0.15, 0.2) is 38.0 Å². The van der Waals surface area contributed by atoms with Crippen LogP contribution in [0.3, 0.4) is 0 Å². The van der Waals surface area contributed by atoms with E-state index in [9.17, 15) is 0 Å². The van der Waals surface area contributed by atoms with Crippen molar-refractivity contribution in [1.82, 2.24) is 0 Å². The number of allylic oxidation sites excluding steroid dienone is 3. The predicted molar refractivity (Wildman–Crippen MR) is 60.9 cm³/mol. The second-order valence-electron chi connectivity index (χ2n) is 1.31. The van der Waals surface area contributed by atoms with Crippen molar-refractivity contribution in [1.29, 1.82) is 0 Å². The van der Waals surface area contributed by atoms with E-state index in [1.165, 1.54) is 18.2 Å². The monoisotopic (exact) mass is 426 g/mol. The minimum atomic E-state index is -4.56. The van der Waals surface area contributed by atoms with Crippen molar-refractivity contribution < 1.29 is 73.1 Å².